The van der Waals surface area contributed by atoms with Gasteiger partial charge in [-0.05, 0) is 13.8 Å². The summed E-state index contributed by atoms with van der Waals surface area (Å²) in [6, 6.07) is 0. The van der Waals surface area contributed by atoms with Gasteiger partial charge in [0.25, 0.3) is 0 Å². The third-order valence-corrected chi connectivity index (χ3v) is 3.83. The summed E-state index contributed by atoms with van der Waals surface area (Å²) < 4.78 is 27.0. The molecule has 1 aromatic rings. The van der Waals surface area contributed by atoms with E-state index in [-0.39, 0.29) is 24.0 Å². The minimum Gasteiger partial charge on any atom is -0.354 e. The average molecular weight is 459 g/mol. The predicted molar refractivity (Wildman–Crippen MR) is 101 cm³/mol. The third-order valence-electron chi connectivity index (χ3n) is 2.91. The van der Waals surface area contributed by atoms with Crippen LogP contribution in [0, 0.1) is 0 Å². The molecule has 2 N–H and O–H groups in total. The van der Waals surface area contributed by atoms with E-state index < -0.39 is 15.6 Å². The number of sulfonamides is 1. The molecule has 0 fully saturated rings. The molecule has 0 unspecified atom stereocenters. The van der Waals surface area contributed by atoms with E-state index in [0.29, 0.717) is 19.0 Å². The summed E-state index contributed by atoms with van der Waals surface area (Å²) >= 11 is 0. The van der Waals surface area contributed by atoms with Gasteiger partial charge in [-0.25, -0.2) is 18.1 Å². The zero-order chi connectivity index (χ0) is 17.0. The van der Waals surface area contributed by atoms with Crippen LogP contribution in [0.4, 0.5) is 0 Å². The fourth-order valence-electron chi connectivity index (χ4n) is 1.97. The van der Waals surface area contributed by atoms with Crippen molar-refractivity contribution in [2.75, 3.05) is 26.9 Å². The molecule has 0 saturated heterocycles. The number of hydrogen-bond donors (Lipinski definition) is 2. The highest BCUT2D eigenvalue weighted by Gasteiger charge is 2.23. The molecule has 0 aliphatic carbocycles. The van der Waals surface area contributed by atoms with Crippen molar-refractivity contribution >= 4 is 40.0 Å². The third kappa shape index (κ3) is 7.92. The molecule has 0 radical (unpaired) electrons. The van der Waals surface area contributed by atoms with Crippen molar-refractivity contribution in [3.05, 3.63) is 12.2 Å². The Kier molecular flexibility index (Phi) is 8.41. The molecule has 134 valence electrons. The molecule has 23 heavy (non-hydrogen) atoms. The average Bonchev–Trinajstić information content (AvgIpc) is 2.72. The number of aromatic nitrogens is 3. The topological polar surface area (TPSA) is 105 Å². The van der Waals surface area contributed by atoms with Crippen molar-refractivity contribution in [2.24, 2.45) is 12.0 Å². The van der Waals surface area contributed by atoms with Crippen molar-refractivity contribution in [3.63, 3.8) is 0 Å². The fraction of sp³-hybridized carbons (Fsp3) is 0.750. The standard InChI is InChI=1S/C12H25N7O2S.HI/c1-12(2,17-22(6,20)21)8-14-11(13-3)18(4)7-10-15-9-16-19(10)5;/h9,17H,7-8H2,1-6H3,(H,13,14);1H. The number of nitrogens with zero attached hydrogens (tertiary/aromatic N) is 5. The Labute approximate surface area is 155 Å². The molecule has 0 spiro atoms. The maximum Gasteiger partial charge on any atom is 0.209 e. The summed E-state index contributed by atoms with van der Waals surface area (Å²) in [6.07, 6.45) is 2.64. The van der Waals surface area contributed by atoms with Gasteiger partial charge in [0, 0.05) is 33.2 Å². The molecule has 0 amide bonds. The lowest BCUT2D eigenvalue weighted by Gasteiger charge is -2.28. The Bertz CT molecular complexity index is 627. The molecule has 0 aromatic carbocycles. The van der Waals surface area contributed by atoms with Crippen LogP contribution in [0.25, 0.3) is 0 Å². The van der Waals surface area contributed by atoms with Crippen LogP contribution in [-0.2, 0) is 23.6 Å². The van der Waals surface area contributed by atoms with Crippen LogP contribution < -0.4 is 10.0 Å². The first kappa shape index (κ1) is 22.1. The quantitative estimate of drug-likeness (QED) is 0.346. The Hall–Kier alpha value is -0.950. The van der Waals surface area contributed by atoms with Gasteiger partial charge in [-0.15, -0.1) is 24.0 Å². The van der Waals surface area contributed by atoms with E-state index in [0.717, 1.165) is 12.1 Å². The van der Waals surface area contributed by atoms with Crippen LogP contribution in [0.15, 0.2) is 11.3 Å². The van der Waals surface area contributed by atoms with E-state index in [4.69, 9.17) is 0 Å². The van der Waals surface area contributed by atoms with Crippen LogP contribution in [0.1, 0.15) is 19.7 Å². The highest BCUT2D eigenvalue weighted by molar-refractivity contribution is 14.0. The molecule has 9 nitrogen and oxygen atoms in total. The van der Waals surface area contributed by atoms with Crippen LogP contribution in [-0.4, -0.2) is 66.5 Å². The summed E-state index contributed by atoms with van der Waals surface area (Å²) in [4.78, 5) is 10.2. The van der Waals surface area contributed by atoms with E-state index in [9.17, 15) is 8.42 Å². The summed E-state index contributed by atoms with van der Waals surface area (Å²) in [5, 5.41) is 7.18. The zero-order valence-electron chi connectivity index (χ0n) is 14.4. The minimum atomic E-state index is -3.27. The number of aryl methyl sites for hydroxylation is 1. The smallest absolute Gasteiger partial charge is 0.209 e. The lowest BCUT2D eigenvalue weighted by molar-refractivity contribution is 0.414. The van der Waals surface area contributed by atoms with Crippen LogP contribution >= 0.6 is 24.0 Å². The summed E-state index contributed by atoms with van der Waals surface area (Å²) in [5.74, 6) is 1.45. The Balaban J connectivity index is 0.00000484. The van der Waals surface area contributed by atoms with Gasteiger partial charge in [-0.1, -0.05) is 0 Å². The fourth-order valence-corrected chi connectivity index (χ4v) is 3.05. The highest BCUT2D eigenvalue weighted by atomic mass is 127. The van der Waals surface area contributed by atoms with Gasteiger partial charge in [-0.3, -0.25) is 9.67 Å². The number of rotatable bonds is 6. The lowest BCUT2D eigenvalue weighted by atomic mass is 10.1. The molecule has 1 rings (SSSR count). The van der Waals surface area contributed by atoms with Crippen molar-refractivity contribution in [1.29, 1.82) is 0 Å². The number of aliphatic imine (C=N–C) groups is 1. The Morgan fingerprint density at radius 3 is 2.52 bits per heavy atom. The summed E-state index contributed by atoms with van der Waals surface area (Å²) in [5.41, 5.74) is -0.630. The monoisotopic (exact) mass is 459 g/mol. The second kappa shape index (κ2) is 8.78. The number of halogens is 1. The second-order valence-corrected chi connectivity index (χ2v) is 7.56. The SMILES string of the molecule is CN=C(NCC(C)(C)NS(C)(=O)=O)N(C)Cc1ncnn1C.I. The maximum absolute atomic E-state index is 11.3. The van der Waals surface area contributed by atoms with Gasteiger partial charge in [0.1, 0.15) is 12.2 Å². The number of guanidine groups is 1. The van der Waals surface area contributed by atoms with E-state index in [1.54, 1.807) is 25.6 Å². The van der Waals surface area contributed by atoms with Crippen LogP contribution in [0.5, 0.6) is 0 Å². The predicted octanol–water partition coefficient (Wildman–Crippen LogP) is -0.232. The maximum atomic E-state index is 11.3. The first-order valence-electron chi connectivity index (χ1n) is 6.78. The largest absolute Gasteiger partial charge is 0.354 e. The van der Waals surface area contributed by atoms with Crippen molar-refractivity contribution < 1.29 is 8.42 Å². The molecule has 0 aliphatic heterocycles. The van der Waals surface area contributed by atoms with Gasteiger partial charge >= 0.3 is 0 Å². The van der Waals surface area contributed by atoms with Crippen molar-refractivity contribution in [3.8, 4) is 0 Å². The Morgan fingerprint density at radius 2 is 2.09 bits per heavy atom. The molecule has 1 heterocycles. The van der Waals surface area contributed by atoms with Gasteiger partial charge in [0.05, 0.1) is 12.8 Å². The van der Waals surface area contributed by atoms with Gasteiger partial charge in [-0.2, -0.15) is 5.10 Å². The first-order valence-corrected chi connectivity index (χ1v) is 8.67. The lowest BCUT2D eigenvalue weighted by Crippen LogP contribution is -2.53. The normalized spacial score (nSPS) is 12.7. The number of nitrogens with one attached hydrogen (secondary N) is 2. The van der Waals surface area contributed by atoms with Crippen LogP contribution in [0.3, 0.4) is 0 Å². The van der Waals surface area contributed by atoms with Gasteiger partial charge < -0.3 is 10.2 Å². The van der Waals surface area contributed by atoms with E-state index in [1.807, 2.05) is 19.0 Å². The molecular formula is C12H26IN7O2S. The molecule has 0 saturated carbocycles. The Morgan fingerprint density at radius 1 is 1.48 bits per heavy atom. The van der Waals surface area contributed by atoms with Crippen molar-refractivity contribution in [1.82, 2.24) is 29.7 Å². The first-order chi connectivity index (χ1) is 10.0. The minimum absolute atomic E-state index is 0. The van der Waals surface area contributed by atoms with E-state index in [2.05, 4.69) is 25.1 Å². The van der Waals surface area contributed by atoms with E-state index in [1.165, 1.54) is 6.33 Å². The molecular weight excluding hydrogens is 433 g/mol. The molecule has 0 atom stereocenters. The second-order valence-electron chi connectivity index (χ2n) is 5.81. The highest BCUT2D eigenvalue weighted by Crippen LogP contribution is 2.03. The van der Waals surface area contributed by atoms with E-state index >= 15 is 0 Å². The molecule has 0 aliphatic rings. The van der Waals surface area contributed by atoms with Gasteiger partial charge in [0.15, 0.2) is 5.96 Å². The zero-order valence-corrected chi connectivity index (χ0v) is 17.5. The van der Waals surface area contributed by atoms with Gasteiger partial charge in [0.2, 0.25) is 10.0 Å². The molecule has 1 aromatic heterocycles. The van der Waals surface area contributed by atoms with Crippen molar-refractivity contribution in [2.45, 2.75) is 25.9 Å². The summed E-state index contributed by atoms with van der Waals surface area (Å²) in [7, 11) is 2.11. The molecule has 0 bridgehead atoms. The number of hydrogen-bond acceptors (Lipinski definition) is 5. The summed E-state index contributed by atoms with van der Waals surface area (Å²) in [6.45, 7) is 4.54. The van der Waals surface area contributed by atoms with Crippen LogP contribution in [0.2, 0.25) is 0 Å². The molecule has 11 heteroatoms.